The fourth-order valence-corrected chi connectivity index (χ4v) is 7.38. The van der Waals surface area contributed by atoms with Gasteiger partial charge in [0.25, 0.3) is 0 Å². The Morgan fingerprint density at radius 2 is 1.41 bits per heavy atom. The summed E-state index contributed by atoms with van der Waals surface area (Å²) in [7, 11) is -6.00. The summed E-state index contributed by atoms with van der Waals surface area (Å²) >= 11 is 0. The van der Waals surface area contributed by atoms with Crippen molar-refractivity contribution < 1.29 is 36.1 Å². The van der Waals surface area contributed by atoms with Crippen molar-refractivity contribution in [2.45, 2.75) is 44.0 Å². The summed E-state index contributed by atoms with van der Waals surface area (Å²) in [5.41, 5.74) is -4.92. The standard InChI is InChI=1S/C17H20F3NO5S/c1-5-6(2)8-3-7(5)11-9-4-10(12(8)11)14-13(9)15(22)21(16(14)23)26-27(24,25)17(18,19)20/h5-12,22-23H,3-4H2,1-2H3. The van der Waals surface area contributed by atoms with Crippen LogP contribution >= 0.6 is 0 Å². The first-order valence-corrected chi connectivity index (χ1v) is 10.5. The van der Waals surface area contributed by atoms with E-state index in [0.29, 0.717) is 46.6 Å². The number of aromatic hydroxyl groups is 2. The van der Waals surface area contributed by atoms with Gasteiger partial charge in [0, 0.05) is 11.1 Å². The van der Waals surface area contributed by atoms with Gasteiger partial charge in [0.05, 0.1) is 0 Å². The molecule has 4 bridgehead atoms. The van der Waals surface area contributed by atoms with Crippen LogP contribution in [-0.2, 0) is 10.1 Å². The molecule has 4 aliphatic carbocycles. The lowest BCUT2D eigenvalue weighted by molar-refractivity contribution is -0.0554. The number of hydrogen-bond acceptors (Lipinski definition) is 5. The number of aromatic nitrogens is 1. The van der Waals surface area contributed by atoms with Gasteiger partial charge in [-0.25, -0.2) is 0 Å². The summed E-state index contributed by atoms with van der Waals surface area (Å²) in [6, 6.07) is 0. The molecule has 3 fully saturated rings. The lowest BCUT2D eigenvalue weighted by atomic mass is 9.63. The fraction of sp³-hybridized carbons (Fsp3) is 0.765. The molecule has 10 heteroatoms. The molecule has 1 aromatic heterocycles. The van der Waals surface area contributed by atoms with Crippen molar-refractivity contribution in [3.05, 3.63) is 11.1 Å². The molecule has 3 saturated carbocycles. The minimum Gasteiger partial charge on any atom is -0.492 e. The zero-order valence-corrected chi connectivity index (χ0v) is 15.5. The van der Waals surface area contributed by atoms with Gasteiger partial charge in [0.1, 0.15) is 0 Å². The third-order valence-electron chi connectivity index (χ3n) is 7.95. The third-order valence-corrected chi connectivity index (χ3v) is 8.86. The van der Waals surface area contributed by atoms with Crippen molar-refractivity contribution in [1.82, 2.24) is 4.73 Å². The molecule has 6 nitrogen and oxygen atoms in total. The number of alkyl halides is 3. The average molecular weight is 407 g/mol. The summed E-state index contributed by atoms with van der Waals surface area (Å²) in [4.78, 5) is 0. The molecular weight excluding hydrogens is 387 g/mol. The molecule has 150 valence electrons. The first-order chi connectivity index (χ1) is 12.5. The number of rotatable bonds is 2. The van der Waals surface area contributed by atoms with Crippen LogP contribution in [-0.4, -0.2) is 28.9 Å². The van der Waals surface area contributed by atoms with Crippen molar-refractivity contribution >= 4 is 10.1 Å². The van der Waals surface area contributed by atoms with Gasteiger partial charge >= 0.3 is 15.6 Å². The van der Waals surface area contributed by atoms with E-state index in [1.807, 2.05) is 0 Å². The zero-order chi connectivity index (χ0) is 19.6. The second-order valence-corrected chi connectivity index (χ2v) is 10.1. The summed E-state index contributed by atoms with van der Waals surface area (Å²) in [6.07, 6.45) is 1.84. The predicted octanol–water partition coefficient (Wildman–Crippen LogP) is 2.92. The van der Waals surface area contributed by atoms with Crippen LogP contribution in [0, 0.1) is 35.5 Å². The van der Waals surface area contributed by atoms with E-state index >= 15 is 0 Å². The summed E-state index contributed by atoms with van der Waals surface area (Å²) in [6.45, 7) is 4.44. The summed E-state index contributed by atoms with van der Waals surface area (Å²) < 4.78 is 64.7. The van der Waals surface area contributed by atoms with E-state index in [-0.39, 0.29) is 16.6 Å². The smallest absolute Gasteiger partial charge is 0.492 e. The van der Waals surface area contributed by atoms with Crippen LogP contribution in [0.25, 0.3) is 0 Å². The van der Waals surface area contributed by atoms with Gasteiger partial charge in [-0.1, -0.05) is 18.6 Å². The topological polar surface area (TPSA) is 88.8 Å². The minimum atomic E-state index is -6.00. The highest BCUT2D eigenvalue weighted by Gasteiger charge is 2.67. The first kappa shape index (κ1) is 17.5. The highest BCUT2D eigenvalue weighted by Crippen LogP contribution is 2.75. The molecule has 8 atom stereocenters. The van der Waals surface area contributed by atoms with E-state index in [2.05, 4.69) is 18.1 Å². The van der Waals surface area contributed by atoms with Crippen LogP contribution in [0.5, 0.6) is 11.8 Å². The number of fused-ring (bicyclic) bond motifs is 12. The first-order valence-electron chi connectivity index (χ1n) is 9.13. The van der Waals surface area contributed by atoms with Crippen molar-refractivity contribution in [3.63, 3.8) is 0 Å². The Morgan fingerprint density at radius 1 is 0.963 bits per heavy atom. The third kappa shape index (κ3) is 1.90. The van der Waals surface area contributed by atoms with Crippen LogP contribution in [0.3, 0.4) is 0 Å². The Morgan fingerprint density at radius 3 is 1.81 bits per heavy atom. The lowest BCUT2D eigenvalue weighted by Crippen LogP contribution is -2.35. The van der Waals surface area contributed by atoms with Gasteiger partial charge in [0.15, 0.2) is 0 Å². The van der Waals surface area contributed by atoms with Gasteiger partial charge in [-0.15, -0.1) is 0 Å². The highest BCUT2D eigenvalue weighted by atomic mass is 32.2. The molecule has 8 unspecified atom stereocenters. The van der Waals surface area contributed by atoms with Gasteiger partial charge in [-0.2, -0.15) is 21.6 Å². The van der Waals surface area contributed by atoms with Crippen molar-refractivity contribution in [3.8, 4) is 11.8 Å². The fourth-order valence-electron chi connectivity index (χ4n) is 6.95. The molecule has 0 aromatic carbocycles. The molecule has 0 spiro atoms. The lowest BCUT2D eigenvalue weighted by Gasteiger charge is -2.40. The molecule has 0 amide bonds. The Kier molecular flexibility index (Phi) is 3.16. The Labute approximate surface area is 154 Å². The molecule has 5 rings (SSSR count). The summed E-state index contributed by atoms with van der Waals surface area (Å²) in [5, 5.41) is 20.9. The van der Waals surface area contributed by atoms with E-state index in [9.17, 15) is 31.8 Å². The van der Waals surface area contributed by atoms with Gasteiger partial charge in [0.2, 0.25) is 11.8 Å². The maximum absolute atomic E-state index is 12.6. The largest absolute Gasteiger partial charge is 0.536 e. The van der Waals surface area contributed by atoms with E-state index < -0.39 is 27.4 Å². The molecule has 4 aliphatic rings. The Bertz CT molecular complexity index is 890. The Balaban J connectivity index is 1.58. The number of halogens is 3. The van der Waals surface area contributed by atoms with Crippen LogP contribution in [0.15, 0.2) is 0 Å². The SMILES string of the molecule is CC1C(C)C2CC1C1C3CC(c4c3c(O)n(OS(=O)(=O)C(F)(F)F)c4O)C21. The van der Waals surface area contributed by atoms with E-state index in [1.54, 1.807) is 0 Å². The normalized spacial score (nSPS) is 41.8. The summed E-state index contributed by atoms with van der Waals surface area (Å²) in [5.74, 6) is 1.07. The Hall–Kier alpha value is -1.58. The second-order valence-electron chi connectivity index (χ2n) is 8.63. The maximum Gasteiger partial charge on any atom is 0.536 e. The van der Waals surface area contributed by atoms with Crippen LogP contribution < -0.4 is 4.28 Å². The predicted molar refractivity (Wildman–Crippen MR) is 86.3 cm³/mol. The van der Waals surface area contributed by atoms with Crippen molar-refractivity contribution in [2.24, 2.45) is 35.5 Å². The highest BCUT2D eigenvalue weighted by molar-refractivity contribution is 7.87. The molecule has 1 aromatic rings. The molecule has 27 heavy (non-hydrogen) atoms. The number of nitrogens with zero attached hydrogens (tertiary/aromatic N) is 1. The molecule has 0 saturated heterocycles. The zero-order valence-electron chi connectivity index (χ0n) is 14.6. The molecule has 1 heterocycles. The molecule has 0 aliphatic heterocycles. The van der Waals surface area contributed by atoms with Gasteiger partial charge in [-0.05, 0) is 60.2 Å². The molecule has 2 N–H and O–H groups in total. The monoisotopic (exact) mass is 407 g/mol. The maximum atomic E-state index is 12.6. The van der Waals surface area contributed by atoms with Crippen LogP contribution in [0.2, 0.25) is 0 Å². The van der Waals surface area contributed by atoms with E-state index in [4.69, 9.17) is 0 Å². The van der Waals surface area contributed by atoms with Crippen molar-refractivity contribution in [1.29, 1.82) is 0 Å². The van der Waals surface area contributed by atoms with E-state index in [1.165, 1.54) is 0 Å². The second kappa shape index (κ2) is 4.87. The average Bonchev–Trinajstić information content (AvgIpc) is 3.31. The van der Waals surface area contributed by atoms with Gasteiger partial charge < -0.3 is 10.2 Å². The van der Waals surface area contributed by atoms with Crippen LogP contribution in [0.4, 0.5) is 13.2 Å². The quantitative estimate of drug-likeness (QED) is 0.581. The number of hydrogen-bond donors (Lipinski definition) is 2. The van der Waals surface area contributed by atoms with E-state index in [0.717, 1.165) is 12.8 Å². The molecule has 0 radical (unpaired) electrons. The van der Waals surface area contributed by atoms with Crippen molar-refractivity contribution in [2.75, 3.05) is 0 Å². The van der Waals surface area contributed by atoms with Crippen LogP contribution in [0.1, 0.15) is 49.7 Å². The molecular formula is C17H20F3NO5S. The minimum absolute atomic E-state index is 0.0302. The van der Waals surface area contributed by atoms with Gasteiger partial charge in [-0.3, -0.25) is 4.28 Å².